The van der Waals surface area contributed by atoms with Crippen molar-refractivity contribution in [2.24, 2.45) is 17.3 Å². The molecule has 0 aromatic heterocycles. The number of hydrogen-bond donors (Lipinski definition) is 1. The lowest BCUT2D eigenvalue weighted by Gasteiger charge is -2.37. The molecule has 1 nitrogen and oxygen atoms in total. The second-order valence-electron chi connectivity index (χ2n) is 7.55. The topological polar surface area (TPSA) is 12.0 Å². The molecule has 0 amide bonds. The predicted octanol–water partition coefficient (Wildman–Crippen LogP) is 5.54. The number of anilines is 1. The molecule has 0 radical (unpaired) electrons. The highest BCUT2D eigenvalue weighted by atomic mass is 19.1. The van der Waals surface area contributed by atoms with Crippen LogP contribution in [0.2, 0.25) is 0 Å². The van der Waals surface area contributed by atoms with Crippen LogP contribution in [0.5, 0.6) is 0 Å². The van der Waals surface area contributed by atoms with Gasteiger partial charge in [0.15, 0.2) is 0 Å². The lowest BCUT2D eigenvalue weighted by Crippen LogP contribution is -2.28. The first-order valence-electron chi connectivity index (χ1n) is 7.97. The summed E-state index contributed by atoms with van der Waals surface area (Å²) in [6, 6.07) is 2.53. The van der Waals surface area contributed by atoms with Gasteiger partial charge >= 0.3 is 0 Å². The van der Waals surface area contributed by atoms with E-state index in [1.807, 2.05) is 0 Å². The van der Waals surface area contributed by atoms with Crippen LogP contribution < -0.4 is 5.32 Å². The number of aryl methyl sites for hydroxylation is 1. The first-order valence-corrected chi connectivity index (χ1v) is 7.97. The number of halogens is 2. The Bertz CT molecular complexity index is 483. The molecule has 0 aliphatic heterocycles. The van der Waals surface area contributed by atoms with Gasteiger partial charge in [-0.15, -0.1) is 0 Å². The third kappa shape index (κ3) is 4.18. The van der Waals surface area contributed by atoms with Crippen LogP contribution in [0.3, 0.4) is 0 Å². The highest BCUT2D eigenvalue weighted by Gasteiger charge is 2.29. The summed E-state index contributed by atoms with van der Waals surface area (Å²) in [5.74, 6) is 0.627. The van der Waals surface area contributed by atoms with Crippen LogP contribution in [0, 0.1) is 35.8 Å². The van der Waals surface area contributed by atoms with Crippen LogP contribution >= 0.6 is 0 Å². The SMILES string of the molecule is Cc1cc(F)c(NCC2CCC(C(C)(C)C)CC2)cc1F. The molecule has 0 heterocycles. The molecule has 0 atom stereocenters. The second kappa shape index (κ2) is 6.33. The van der Waals surface area contributed by atoms with Crippen molar-refractivity contribution in [2.45, 2.75) is 53.4 Å². The lowest BCUT2D eigenvalue weighted by molar-refractivity contribution is 0.153. The zero-order valence-corrected chi connectivity index (χ0v) is 13.6. The Kier molecular flexibility index (Phi) is 4.90. The fourth-order valence-corrected chi connectivity index (χ4v) is 3.27. The molecule has 1 saturated carbocycles. The largest absolute Gasteiger partial charge is 0.382 e. The number of rotatable bonds is 3. The molecule has 0 spiro atoms. The van der Waals surface area contributed by atoms with Gasteiger partial charge in [-0.05, 0) is 61.5 Å². The summed E-state index contributed by atoms with van der Waals surface area (Å²) in [6.07, 6.45) is 4.82. The van der Waals surface area contributed by atoms with E-state index in [0.29, 0.717) is 16.9 Å². The van der Waals surface area contributed by atoms with E-state index in [9.17, 15) is 8.78 Å². The molecular weight excluding hydrogens is 268 g/mol. The van der Waals surface area contributed by atoms with Crippen molar-refractivity contribution in [1.82, 2.24) is 0 Å². The number of nitrogens with one attached hydrogen (secondary N) is 1. The summed E-state index contributed by atoms with van der Waals surface area (Å²) >= 11 is 0. The van der Waals surface area contributed by atoms with Gasteiger partial charge in [0.2, 0.25) is 0 Å². The van der Waals surface area contributed by atoms with E-state index in [4.69, 9.17) is 0 Å². The molecule has 2 rings (SSSR count). The average molecular weight is 295 g/mol. The average Bonchev–Trinajstić information content (AvgIpc) is 2.41. The highest BCUT2D eigenvalue weighted by Crippen LogP contribution is 2.39. The molecule has 1 aromatic carbocycles. The fraction of sp³-hybridized carbons (Fsp3) is 0.667. The smallest absolute Gasteiger partial charge is 0.146 e. The third-order valence-corrected chi connectivity index (χ3v) is 4.90. The Morgan fingerprint density at radius 3 is 2.24 bits per heavy atom. The van der Waals surface area contributed by atoms with E-state index < -0.39 is 0 Å². The Morgan fingerprint density at radius 1 is 1.05 bits per heavy atom. The highest BCUT2D eigenvalue weighted by molar-refractivity contribution is 5.46. The summed E-state index contributed by atoms with van der Waals surface area (Å²) in [6.45, 7) is 9.23. The molecule has 0 bridgehead atoms. The quantitative estimate of drug-likeness (QED) is 0.772. The maximum atomic E-state index is 13.8. The van der Waals surface area contributed by atoms with E-state index >= 15 is 0 Å². The van der Waals surface area contributed by atoms with Crippen LogP contribution in [0.1, 0.15) is 52.0 Å². The molecule has 118 valence electrons. The van der Waals surface area contributed by atoms with Crippen molar-refractivity contribution in [1.29, 1.82) is 0 Å². The zero-order chi connectivity index (χ0) is 15.6. The molecule has 1 fully saturated rings. The van der Waals surface area contributed by atoms with Crippen LogP contribution in [0.25, 0.3) is 0 Å². The maximum Gasteiger partial charge on any atom is 0.146 e. The van der Waals surface area contributed by atoms with Crippen molar-refractivity contribution in [2.75, 3.05) is 11.9 Å². The summed E-state index contributed by atoms with van der Waals surface area (Å²) in [5.41, 5.74) is 1.02. The van der Waals surface area contributed by atoms with E-state index in [1.165, 1.54) is 37.8 Å². The predicted molar refractivity (Wildman–Crippen MR) is 84.5 cm³/mol. The van der Waals surface area contributed by atoms with Gasteiger partial charge < -0.3 is 5.32 Å². The Balaban J connectivity index is 1.87. The van der Waals surface area contributed by atoms with E-state index in [0.717, 1.165) is 12.5 Å². The molecule has 1 N–H and O–H groups in total. The minimum atomic E-state index is -0.364. The van der Waals surface area contributed by atoms with Crippen molar-refractivity contribution in [3.8, 4) is 0 Å². The normalized spacial score (nSPS) is 23.1. The minimum absolute atomic E-state index is 0.288. The van der Waals surface area contributed by atoms with Crippen LogP contribution in [-0.2, 0) is 0 Å². The molecule has 21 heavy (non-hydrogen) atoms. The number of benzene rings is 1. The van der Waals surface area contributed by atoms with Gasteiger partial charge in [0.25, 0.3) is 0 Å². The molecule has 0 unspecified atom stereocenters. The van der Waals surface area contributed by atoms with Crippen LogP contribution in [0.15, 0.2) is 12.1 Å². The van der Waals surface area contributed by atoms with Crippen LogP contribution in [-0.4, -0.2) is 6.54 Å². The summed E-state index contributed by atoms with van der Waals surface area (Å²) < 4.78 is 27.3. The number of hydrogen-bond acceptors (Lipinski definition) is 1. The third-order valence-electron chi connectivity index (χ3n) is 4.90. The molecule has 1 aromatic rings. The van der Waals surface area contributed by atoms with Gasteiger partial charge in [-0.25, -0.2) is 8.78 Å². The Labute approximate surface area is 127 Å². The minimum Gasteiger partial charge on any atom is -0.382 e. The van der Waals surface area contributed by atoms with Gasteiger partial charge in [0.05, 0.1) is 5.69 Å². The van der Waals surface area contributed by atoms with Gasteiger partial charge in [0, 0.05) is 12.6 Å². The van der Waals surface area contributed by atoms with Crippen molar-refractivity contribution in [3.05, 3.63) is 29.3 Å². The Morgan fingerprint density at radius 2 is 1.67 bits per heavy atom. The van der Waals surface area contributed by atoms with Gasteiger partial charge in [-0.3, -0.25) is 0 Å². The molecule has 1 aliphatic rings. The molecular formula is C18H27F2N. The first-order chi connectivity index (χ1) is 9.77. The summed E-state index contributed by atoms with van der Waals surface area (Å²) in [7, 11) is 0. The van der Waals surface area contributed by atoms with Gasteiger partial charge in [-0.2, -0.15) is 0 Å². The van der Waals surface area contributed by atoms with Crippen molar-refractivity contribution < 1.29 is 8.78 Å². The first kappa shape index (κ1) is 16.3. The van der Waals surface area contributed by atoms with Gasteiger partial charge in [-0.1, -0.05) is 20.8 Å². The second-order valence-corrected chi connectivity index (χ2v) is 7.55. The zero-order valence-electron chi connectivity index (χ0n) is 13.6. The fourth-order valence-electron chi connectivity index (χ4n) is 3.27. The molecule has 1 aliphatic carbocycles. The standard InChI is InChI=1S/C18H27F2N/c1-12-9-16(20)17(10-15(12)19)21-11-13-5-7-14(8-6-13)18(2,3)4/h9-10,13-14,21H,5-8,11H2,1-4H3. The van der Waals surface area contributed by atoms with E-state index in [1.54, 1.807) is 6.92 Å². The van der Waals surface area contributed by atoms with Crippen molar-refractivity contribution >= 4 is 5.69 Å². The lowest BCUT2D eigenvalue weighted by atomic mass is 9.70. The maximum absolute atomic E-state index is 13.8. The van der Waals surface area contributed by atoms with E-state index in [-0.39, 0.29) is 17.3 Å². The van der Waals surface area contributed by atoms with Crippen LogP contribution in [0.4, 0.5) is 14.5 Å². The molecule has 3 heteroatoms. The van der Waals surface area contributed by atoms with E-state index in [2.05, 4.69) is 26.1 Å². The monoisotopic (exact) mass is 295 g/mol. The van der Waals surface area contributed by atoms with Crippen molar-refractivity contribution in [3.63, 3.8) is 0 Å². The van der Waals surface area contributed by atoms with Gasteiger partial charge in [0.1, 0.15) is 11.6 Å². The molecule has 0 saturated heterocycles. The summed E-state index contributed by atoms with van der Waals surface area (Å²) in [4.78, 5) is 0. The summed E-state index contributed by atoms with van der Waals surface area (Å²) in [5, 5.41) is 3.09. The Hall–Kier alpha value is -1.12.